The number of aryl methyl sites for hydroxylation is 1. The van der Waals surface area contributed by atoms with Gasteiger partial charge < -0.3 is 9.15 Å². The van der Waals surface area contributed by atoms with E-state index in [4.69, 9.17) is 14.1 Å². The molecule has 4 aromatic rings. The van der Waals surface area contributed by atoms with Crippen molar-refractivity contribution in [2.24, 2.45) is 0 Å². The van der Waals surface area contributed by atoms with E-state index in [2.05, 4.69) is 26.9 Å². The minimum absolute atomic E-state index is 0.0410. The van der Waals surface area contributed by atoms with Crippen LogP contribution in [-0.4, -0.2) is 26.9 Å². The van der Waals surface area contributed by atoms with Crippen molar-refractivity contribution < 1.29 is 9.15 Å². The van der Waals surface area contributed by atoms with Gasteiger partial charge in [-0.3, -0.25) is 4.57 Å². The second kappa shape index (κ2) is 7.90. The zero-order valence-corrected chi connectivity index (χ0v) is 16.7. The summed E-state index contributed by atoms with van der Waals surface area (Å²) >= 11 is 1.57. The van der Waals surface area contributed by atoms with Gasteiger partial charge in [-0.15, -0.1) is 10.2 Å². The molecule has 2 aromatic heterocycles. The molecule has 0 radical (unpaired) electrons. The Bertz CT molecular complexity index is 1070. The summed E-state index contributed by atoms with van der Waals surface area (Å²) in [5.74, 6) is 1.92. The lowest BCUT2D eigenvalue weighted by Crippen LogP contribution is -2.03. The zero-order chi connectivity index (χ0) is 19.5. The van der Waals surface area contributed by atoms with Gasteiger partial charge in [0.05, 0.1) is 29.9 Å². The molecule has 1 atom stereocenters. The lowest BCUT2D eigenvalue weighted by molar-refractivity contribution is 0.412. The number of rotatable bonds is 6. The highest BCUT2D eigenvalue weighted by atomic mass is 32.2. The number of benzene rings is 2. The molecule has 0 saturated carbocycles. The monoisotopic (exact) mass is 392 g/mol. The van der Waals surface area contributed by atoms with Crippen LogP contribution in [0.3, 0.4) is 0 Å². The van der Waals surface area contributed by atoms with Crippen LogP contribution in [0.15, 0.2) is 70.4 Å². The molecule has 0 saturated heterocycles. The number of thioether (sulfide) groups is 1. The fraction of sp³-hybridized carbons (Fsp3) is 0.190. The van der Waals surface area contributed by atoms with E-state index in [9.17, 15) is 0 Å². The third-order valence-electron chi connectivity index (χ3n) is 4.30. The van der Waals surface area contributed by atoms with Gasteiger partial charge in [0, 0.05) is 12.5 Å². The Kier molecular flexibility index (Phi) is 5.16. The fourth-order valence-corrected chi connectivity index (χ4v) is 3.89. The van der Waals surface area contributed by atoms with Gasteiger partial charge in [0.2, 0.25) is 11.8 Å². The number of methoxy groups -OCH3 is 1. The smallest absolute Gasteiger partial charge is 0.229 e. The summed E-state index contributed by atoms with van der Waals surface area (Å²) in [6, 6.07) is 18.1. The van der Waals surface area contributed by atoms with Crippen LogP contribution in [0.4, 0.5) is 0 Å². The van der Waals surface area contributed by atoms with E-state index >= 15 is 0 Å². The van der Waals surface area contributed by atoms with Gasteiger partial charge in [0.1, 0.15) is 5.75 Å². The summed E-state index contributed by atoms with van der Waals surface area (Å²) in [6.45, 7) is 3.82. The molecule has 2 heterocycles. The minimum atomic E-state index is -0.0410. The number of hydrogen-bond donors (Lipinski definition) is 0. The van der Waals surface area contributed by atoms with Gasteiger partial charge in [-0.05, 0) is 19.1 Å². The van der Waals surface area contributed by atoms with Crippen molar-refractivity contribution >= 4 is 11.8 Å². The van der Waals surface area contributed by atoms with Crippen molar-refractivity contribution in [1.29, 1.82) is 0 Å². The molecule has 142 valence electrons. The van der Waals surface area contributed by atoms with Gasteiger partial charge in [-0.25, -0.2) is 4.98 Å². The molecule has 4 rings (SSSR count). The van der Waals surface area contributed by atoms with Crippen LogP contribution in [0.25, 0.3) is 16.9 Å². The highest BCUT2D eigenvalue weighted by molar-refractivity contribution is 7.99. The van der Waals surface area contributed by atoms with Crippen molar-refractivity contribution in [3.05, 3.63) is 72.6 Å². The first-order chi connectivity index (χ1) is 13.7. The fourth-order valence-electron chi connectivity index (χ4n) is 2.96. The topological polar surface area (TPSA) is 66.0 Å². The Morgan fingerprint density at radius 3 is 2.50 bits per heavy atom. The predicted molar refractivity (Wildman–Crippen MR) is 109 cm³/mol. The molecule has 0 amide bonds. The lowest BCUT2D eigenvalue weighted by atomic mass is 10.1. The average molecular weight is 392 g/mol. The van der Waals surface area contributed by atoms with Crippen molar-refractivity contribution in [2.75, 3.05) is 7.11 Å². The number of aromatic nitrogens is 4. The Balaban J connectivity index is 1.82. The van der Waals surface area contributed by atoms with E-state index in [1.807, 2.05) is 55.6 Å². The van der Waals surface area contributed by atoms with Crippen LogP contribution < -0.4 is 4.74 Å². The first-order valence-electron chi connectivity index (χ1n) is 8.90. The summed E-state index contributed by atoms with van der Waals surface area (Å²) < 4.78 is 13.3. The minimum Gasteiger partial charge on any atom is -0.495 e. The SMILES string of the molecule is COc1ccccc1-n1c(-c2ccccc2)cnc1S[C@H](C)c1nnc(C)o1. The quantitative estimate of drug-likeness (QED) is 0.426. The van der Waals surface area contributed by atoms with E-state index in [0.717, 1.165) is 27.9 Å². The standard InChI is InChI=1S/C21H20N4O2S/c1-14(20-24-23-15(2)27-20)28-21-22-13-18(16-9-5-4-6-10-16)25(21)17-11-7-8-12-19(17)26-3/h4-14H,1-3H3/t14-/m1/s1. The van der Waals surface area contributed by atoms with Gasteiger partial charge in [0.15, 0.2) is 5.16 Å². The maximum Gasteiger partial charge on any atom is 0.229 e. The third kappa shape index (κ3) is 3.53. The summed E-state index contributed by atoms with van der Waals surface area (Å²) in [5.41, 5.74) is 2.99. The maximum absolute atomic E-state index is 5.61. The normalized spacial score (nSPS) is 12.1. The Morgan fingerprint density at radius 1 is 1.04 bits per heavy atom. The van der Waals surface area contributed by atoms with Gasteiger partial charge in [0.25, 0.3) is 0 Å². The van der Waals surface area contributed by atoms with Gasteiger partial charge >= 0.3 is 0 Å². The Hall–Kier alpha value is -3.06. The van der Waals surface area contributed by atoms with E-state index in [-0.39, 0.29) is 5.25 Å². The molecule has 0 spiro atoms. The molecule has 0 unspecified atom stereocenters. The highest BCUT2D eigenvalue weighted by Crippen LogP contribution is 2.39. The molecule has 0 aliphatic heterocycles. The lowest BCUT2D eigenvalue weighted by Gasteiger charge is -2.16. The van der Waals surface area contributed by atoms with Crippen LogP contribution in [0.5, 0.6) is 5.75 Å². The molecule has 0 aliphatic carbocycles. The van der Waals surface area contributed by atoms with Gasteiger partial charge in [-0.1, -0.05) is 54.2 Å². The van der Waals surface area contributed by atoms with Crippen molar-refractivity contribution in [3.8, 4) is 22.7 Å². The molecule has 0 N–H and O–H groups in total. The number of imidazole rings is 1. The second-order valence-electron chi connectivity index (χ2n) is 6.22. The van der Waals surface area contributed by atoms with Crippen LogP contribution >= 0.6 is 11.8 Å². The Labute approximate surface area is 167 Å². The van der Waals surface area contributed by atoms with Crippen LogP contribution in [-0.2, 0) is 0 Å². The molecule has 0 bridgehead atoms. The summed E-state index contributed by atoms with van der Waals surface area (Å²) in [6.07, 6.45) is 1.88. The highest BCUT2D eigenvalue weighted by Gasteiger charge is 2.21. The van der Waals surface area contributed by atoms with E-state index in [0.29, 0.717) is 11.8 Å². The molecular formula is C21H20N4O2S. The summed E-state index contributed by atoms with van der Waals surface area (Å²) in [7, 11) is 1.68. The van der Waals surface area contributed by atoms with E-state index < -0.39 is 0 Å². The largest absolute Gasteiger partial charge is 0.495 e. The van der Waals surface area contributed by atoms with Crippen LogP contribution in [0, 0.1) is 6.92 Å². The molecule has 0 fully saturated rings. The zero-order valence-electron chi connectivity index (χ0n) is 15.9. The maximum atomic E-state index is 5.61. The number of hydrogen-bond acceptors (Lipinski definition) is 6. The number of ether oxygens (including phenoxy) is 1. The van der Waals surface area contributed by atoms with E-state index in [1.54, 1.807) is 25.8 Å². The molecular weight excluding hydrogens is 372 g/mol. The van der Waals surface area contributed by atoms with Crippen molar-refractivity contribution in [2.45, 2.75) is 24.3 Å². The van der Waals surface area contributed by atoms with Crippen LogP contribution in [0.1, 0.15) is 24.0 Å². The van der Waals surface area contributed by atoms with Crippen LogP contribution in [0.2, 0.25) is 0 Å². The molecule has 6 nitrogen and oxygen atoms in total. The summed E-state index contributed by atoms with van der Waals surface area (Å²) in [4.78, 5) is 4.70. The molecule has 2 aromatic carbocycles. The van der Waals surface area contributed by atoms with Crippen molar-refractivity contribution in [1.82, 2.24) is 19.7 Å². The average Bonchev–Trinajstić information content (AvgIpc) is 3.35. The number of nitrogens with zero attached hydrogens (tertiary/aromatic N) is 4. The first kappa shape index (κ1) is 18.3. The van der Waals surface area contributed by atoms with E-state index in [1.165, 1.54) is 0 Å². The molecule has 28 heavy (non-hydrogen) atoms. The van der Waals surface area contributed by atoms with Crippen molar-refractivity contribution in [3.63, 3.8) is 0 Å². The third-order valence-corrected chi connectivity index (χ3v) is 5.35. The molecule has 0 aliphatic rings. The predicted octanol–water partition coefficient (Wildman–Crippen LogP) is 5.09. The molecule has 7 heteroatoms. The Morgan fingerprint density at radius 2 is 1.79 bits per heavy atom. The summed E-state index contributed by atoms with van der Waals surface area (Å²) in [5, 5.41) is 8.86. The second-order valence-corrected chi connectivity index (χ2v) is 7.53. The van der Waals surface area contributed by atoms with Gasteiger partial charge in [-0.2, -0.15) is 0 Å². The number of para-hydroxylation sites is 2. The first-order valence-corrected chi connectivity index (χ1v) is 9.78.